The molecule has 1 aliphatic carbocycles. The van der Waals surface area contributed by atoms with Gasteiger partial charge in [0, 0.05) is 35.9 Å². The third-order valence-electron chi connectivity index (χ3n) is 8.77. The molecule has 2 aromatic rings. The number of unbranched alkanes of at least 4 members (excludes halogenated alkanes) is 12. The minimum Gasteiger partial charge on any atom is -0.372 e. The second-order valence-corrected chi connectivity index (χ2v) is 12.4. The van der Waals surface area contributed by atoms with Gasteiger partial charge in [0.25, 0.3) is 5.54 Å². The van der Waals surface area contributed by atoms with Crippen molar-refractivity contribution < 1.29 is 9.31 Å². The maximum atomic E-state index is 15.4. The smallest absolute Gasteiger partial charge is 0.293 e. The van der Waals surface area contributed by atoms with Gasteiger partial charge in [0.05, 0.1) is 0 Å². The highest BCUT2D eigenvalue weighted by atomic mass is 19.1. The number of allylic oxidation sites excluding steroid dienone is 3. The summed E-state index contributed by atoms with van der Waals surface area (Å²) in [5.74, 6) is 0. The van der Waals surface area contributed by atoms with Crippen LogP contribution in [0.1, 0.15) is 115 Å². The van der Waals surface area contributed by atoms with Gasteiger partial charge in [0.15, 0.2) is 6.17 Å². The Bertz CT molecular complexity index is 1220. The van der Waals surface area contributed by atoms with Crippen LogP contribution in [0.2, 0.25) is 0 Å². The zero-order chi connectivity index (χ0) is 32.2. The Morgan fingerprint density at radius 1 is 0.733 bits per heavy atom. The van der Waals surface area contributed by atoms with E-state index in [1.165, 1.54) is 114 Å². The van der Waals surface area contributed by atoms with E-state index in [4.69, 9.17) is 0 Å². The monoisotopic (exact) mass is 614 g/mol. The molecule has 0 aliphatic heterocycles. The zero-order valence-electron chi connectivity index (χ0n) is 27.7. The van der Waals surface area contributed by atoms with Gasteiger partial charge in [-0.15, -0.1) is 0 Å². The maximum Gasteiger partial charge on any atom is 0.293 e. The van der Waals surface area contributed by atoms with E-state index < -0.39 is 16.6 Å². The Kier molecular flexibility index (Phi) is 16.4. The summed E-state index contributed by atoms with van der Waals surface area (Å²) in [7, 11) is 0. The van der Waals surface area contributed by atoms with Crippen molar-refractivity contribution >= 4 is 17.8 Å². The van der Waals surface area contributed by atoms with Crippen LogP contribution in [0.15, 0.2) is 90.6 Å². The Morgan fingerprint density at radius 3 is 1.80 bits per heavy atom. The number of halogens is 1. The van der Waals surface area contributed by atoms with Crippen molar-refractivity contribution in [3.8, 4) is 0 Å². The van der Waals surface area contributed by atoms with Crippen LogP contribution in [0, 0.1) is 10.1 Å². The van der Waals surface area contributed by atoms with Crippen LogP contribution >= 0.6 is 0 Å². The van der Waals surface area contributed by atoms with Crippen molar-refractivity contribution in [1.82, 2.24) is 0 Å². The van der Waals surface area contributed by atoms with Gasteiger partial charge < -0.3 is 4.90 Å². The van der Waals surface area contributed by atoms with Crippen LogP contribution in [-0.4, -0.2) is 29.7 Å². The molecule has 0 aromatic heterocycles. The minimum atomic E-state index is -1.93. The molecule has 1 aliphatic rings. The first-order valence-electron chi connectivity index (χ1n) is 17.5. The molecule has 0 amide bonds. The van der Waals surface area contributed by atoms with E-state index >= 15 is 4.39 Å². The predicted molar refractivity (Wildman–Crippen MR) is 191 cm³/mol. The highest BCUT2D eigenvalue weighted by Gasteiger charge is 2.47. The highest BCUT2D eigenvalue weighted by Crippen LogP contribution is 2.31. The van der Waals surface area contributed by atoms with Crippen LogP contribution in [0.25, 0.3) is 12.2 Å². The van der Waals surface area contributed by atoms with Crippen molar-refractivity contribution in [3.63, 3.8) is 0 Å². The molecule has 0 heterocycles. The number of rotatable bonds is 22. The summed E-state index contributed by atoms with van der Waals surface area (Å²) in [6, 6.07) is 17.9. The number of hydrogen-bond acceptors (Lipinski definition) is 3. The Balaban J connectivity index is 1.62. The first-order valence-corrected chi connectivity index (χ1v) is 17.5. The third-order valence-corrected chi connectivity index (χ3v) is 8.77. The van der Waals surface area contributed by atoms with Gasteiger partial charge in [-0.3, -0.25) is 10.1 Å². The normalized spacial score (nSPS) is 18.1. The average molecular weight is 615 g/mol. The number of nitrogens with zero attached hydrogens (tertiary/aromatic N) is 2. The van der Waals surface area contributed by atoms with Gasteiger partial charge in [-0.2, -0.15) is 0 Å². The molecule has 3 rings (SSSR count). The highest BCUT2D eigenvalue weighted by molar-refractivity contribution is 5.59. The summed E-state index contributed by atoms with van der Waals surface area (Å²) in [5.41, 5.74) is 1.69. The molecule has 5 heteroatoms. The Hall–Kier alpha value is -3.47. The Labute approximate surface area is 272 Å². The van der Waals surface area contributed by atoms with Gasteiger partial charge in [-0.25, -0.2) is 4.39 Å². The number of hydrogen-bond donors (Lipinski definition) is 0. The fourth-order valence-electron chi connectivity index (χ4n) is 5.83. The van der Waals surface area contributed by atoms with Gasteiger partial charge >= 0.3 is 0 Å². The molecule has 4 nitrogen and oxygen atoms in total. The van der Waals surface area contributed by atoms with Crippen molar-refractivity contribution in [2.45, 2.75) is 115 Å². The molecule has 45 heavy (non-hydrogen) atoms. The van der Waals surface area contributed by atoms with E-state index in [0.29, 0.717) is 5.57 Å². The number of alkyl halides is 1. The second-order valence-electron chi connectivity index (χ2n) is 12.4. The maximum absolute atomic E-state index is 15.4. The topological polar surface area (TPSA) is 46.4 Å². The van der Waals surface area contributed by atoms with Crippen molar-refractivity contribution in [2.75, 3.05) is 18.0 Å². The molecule has 0 N–H and O–H groups in total. The molecular formula is C40H55FN2O2. The summed E-state index contributed by atoms with van der Waals surface area (Å²) in [5, 5.41) is 12.1. The molecule has 0 spiro atoms. The summed E-state index contributed by atoms with van der Waals surface area (Å²) in [6.45, 7) is 6.61. The van der Waals surface area contributed by atoms with Crippen LogP contribution in [0.4, 0.5) is 10.1 Å². The molecule has 0 radical (unpaired) electrons. The van der Waals surface area contributed by atoms with Crippen molar-refractivity contribution in [1.29, 1.82) is 0 Å². The zero-order valence-corrected chi connectivity index (χ0v) is 27.7. The fourth-order valence-corrected chi connectivity index (χ4v) is 5.83. The van der Waals surface area contributed by atoms with E-state index in [2.05, 4.69) is 30.9 Å². The molecule has 244 valence electrons. The van der Waals surface area contributed by atoms with E-state index in [9.17, 15) is 10.1 Å². The third kappa shape index (κ3) is 12.4. The molecule has 0 saturated carbocycles. The summed E-state index contributed by atoms with van der Waals surface area (Å²) >= 11 is 0. The first kappa shape index (κ1) is 36.0. The van der Waals surface area contributed by atoms with Crippen LogP contribution in [0.5, 0.6) is 0 Å². The van der Waals surface area contributed by atoms with Crippen molar-refractivity contribution in [2.24, 2.45) is 0 Å². The summed E-state index contributed by atoms with van der Waals surface area (Å²) in [4.78, 5) is 14.1. The molecule has 2 atom stereocenters. The molecular weight excluding hydrogens is 559 g/mol. The fraction of sp³-hybridized carbons (Fsp3) is 0.500. The molecule has 0 saturated heterocycles. The SMILES string of the molecule is CCCCCCCCCN(CCCCCCCCC)c1ccc(C=CC2([N+](=O)[O-])C=CC(C=Cc3ccccc3)=CC2F)cc1. The number of nitro groups is 1. The molecule has 2 aromatic carbocycles. The number of benzene rings is 2. The average Bonchev–Trinajstić information content (AvgIpc) is 3.06. The largest absolute Gasteiger partial charge is 0.372 e. The summed E-state index contributed by atoms with van der Waals surface area (Å²) < 4.78 is 15.4. The lowest BCUT2D eigenvalue weighted by atomic mass is 9.86. The van der Waals surface area contributed by atoms with Gasteiger partial charge in [-0.1, -0.05) is 158 Å². The molecule has 0 bridgehead atoms. The van der Waals surface area contributed by atoms with Gasteiger partial charge in [0.2, 0.25) is 0 Å². The number of anilines is 1. The first-order chi connectivity index (χ1) is 22.0. The minimum absolute atomic E-state index is 0.528. The van der Waals surface area contributed by atoms with E-state index in [-0.39, 0.29) is 0 Å². The lowest BCUT2D eigenvalue weighted by molar-refractivity contribution is -0.547. The van der Waals surface area contributed by atoms with E-state index in [0.717, 1.165) is 24.2 Å². The quantitative estimate of drug-likeness (QED) is 0.0753. The van der Waals surface area contributed by atoms with E-state index in [1.807, 2.05) is 48.5 Å². The van der Waals surface area contributed by atoms with Gasteiger partial charge in [0.1, 0.15) is 0 Å². The second kappa shape index (κ2) is 20.5. The molecule has 0 fully saturated rings. The van der Waals surface area contributed by atoms with Crippen LogP contribution in [-0.2, 0) is 0 Å². The summed E-state index contributed by atoms with van der Waals surface area (Å²) in [6.07, 6.45) is 27.4. The standard InChI is InChI=1S/C40H55FN2O2/c1-3-5-7-9-11-13-18-32-42(33-19-14-12-10-8-6-4-2)38-26-24-36(25-27-38)28-30-40(43(44)45)31-29-37(34-39(40)41)23-22-35-20-16-15-17-21-35/h15-17,20-31,34,39H,3-14,18-19,32-33H2,1-2H3. The van der Waals surface area contributed by atoms with Crippen LogP contribution in [0.3, 0.4) is 0 Å². The van der Waals surface area contributed by atoms with Gasteiger partial charge in [-0.05, 0) is 47.8 Å². The van der Waals surface area contributed by atoms with Crippen LogP contribution < -0.4 is 4.90 Å². The van der Waals surface area contributed by atoms with Crippen molar-refractivity contribution in [3.05, 3.63) is 112 Å². The molecule has 2 unspecified atom stereocenters. The lowest BCUT2D eigenvalue weighted by Gasteiger charge is -2.25. The lowest BCUT2D eigenvalue weighted by Crippen LogP contribution is -2.44. The Morgan fingerprint density at radius 2 is 1.27 bits per heavy atom. The predicted octanol–water partition coefficient (Wildman–Crippen LogP) is 11.6. The van der Waals surface area contributed by atoms with E-state index in [1.54, 1.807) is 18.2 Å².